The molecule has 3 N–H and O–H groups in total. The van der Waals surface area contributed by atoms with Gasteiger partial charge >= 0.3 is 0 Å². The van der Waals surface area contributed by atoms with Gasteiger partial charge in [-0.25, -0.2) is 0 Å². The highest BCUT2D eigenvalue weighted by Crippen LogP contribution is 2.17. The summed E-state index contributed by atoms with van der Waals surface area (Å²) >= 11 is 0. The maximum atomic E-state index is 12.0. The van der Waals surface area contributed by atoms with Gasteiger partial charge in [-0.05, 0) is 38.8 Å². The van der Waals surface area contributed by atoms with Gasteiger partial charge < -0.3 is 20.9 Å². The molecule has 2 fully saturated rings. The molecule has 2 aliphatic rings. The molecule has 0 spiro atoms. The number of nitrogens with zero attached hydrogens (tertiary/aromatic N) is 2. The van der Waals surface area contributed by atoms with E-state index in [9.17, 15) is 4.79 Å². The highest BCUT2D eigenvalue weighted by atomic mass is 127. The van der Waals surface area contributed by atoms with Crippen LogP contribution in [0.3, 0.4) is 0 Å². The van der Waals surface area contributed by atoms with Crippen LogP contribution >= 0.6 is 24.0 Å². The zero-order valence-electron chi connectivity index (χ0n) is 15.0. The van der Waals surface area contributed by atoms with Gasteiger partial charge in [0.05, 0.1) is 6.54 Å². The molecule has 0 aromatic rings. The van der Waals surface area contributed by atoms with E-state index in [4.69, 9.17) is 0 Å². The van der Waals surface area contributed by atoms with Gasteiger partial charge in [0.15, 0.2) is 5.96 Å². The minimum atomic E-state index is 0. The molecule has 0 aromatic carbocycles. The number of likely N-dealkylation sites (tertiary alicyclic amines) is 1. The monoisotopic (exact) mass is 451 g/mol. The van der Waals surface area contributed by atoms with Crippen LogP contribution in [0.25, 0.3) is 0 Å². The smallest absolute Gasteiger partial charge is 0.239 e. The molecule has 0 aromatic heterocycles. The Morgan fingerprint density at radius 2 is 1.71 bits per heavy atom. The van der Waals surface area contributed by atoms with Gasteiger partial charge in [0.1, 0.15) is 0 Å². The first-order valence-corrected chi connectivity index (χ1v) is 9.24. The second-order valence-electron chi connectivity index (χ2n) is 6.66. The lowest BCUT2D eigenvalue weighted by atomic mass is 9.95. The molecule has 7 heteroatoms. The summed E-state index contributed by atoms with van der Waals surface area (Å²) in [6.45, 7) is 4.60. The predicted octanol–water partition coefficient (Wildman–Crippen LogP) is 1.70. The molecule has 0 unspecified atom stereocenters. The number of halogens is 1. The molecular weight excluding hydrogens is 417 g/mol. The van der Waals surface area contributed by atoms with Crippen molar-refractivity contribution < 1.29 is 4.79 Å². The van der Waals surface area contributed by atoms with E-state index in [1.807, 2.05) is 0 Å². The van der Waals surface area contributed by atoms with E-state index in [-0.39, 0.29) is 29.9 Å². The molecule has 140 valence electrons. The first-order valence-electron chi connectivity index (χ1n) is 9.24. The molecule has 0 bridgehead atoms. The van der Waals surface area contributed by atoms with Crippen molar-refractivity contribution in [2.24, 2.45) is 4.99 Å². The van der Waals surface area contributed by atoms with Crippen molar-refractivity contribution in [1.82, 2.24) is 20.9 Å². The Morgan fingerprint density at radius 3 is 2.38 bits per heavy atom. The SMILES string of the molecule is CN=C(NCCN1CCCCC1)NCC(=O)NC1CCCCC1.I. The Balaban J connectivity index is 0.00000288. The summed E-state index contributed by atoms with van der Waals surface area (Å²) in [5, 5.41) is 9.51. The van der Waals surface area contributed by atoms with Gasteiger partial charge in [-0.15, -0.1) is 24.0 Å². The minimum Gasteiger partial charge on any atom is -0.355 e. The summed E-state index contributed by atoms with van der Waals surface area (Å²) in [4.78, 5) is 18.7. The normalized spacial score (nSPS) is 20.1. The number of piperidine rings is 1. The van der Waals surface area contributed by atoms with Crippen LogP contribution in [-0.4, -0.2) is 62.6 Å². The zero-order valence-corrected chi connectivity index (χ0v) is 17.3. The number of guanidine groups is 1. The molecule has 0 atom stereocenters. The van der Waals surface area contributed by atoms with Gasteiger partial charge in [0, 0.05) is 26.2 Å². The number of hydrogen-bond donors (Lipinski definition) is 3. The van der Waals surface area contributed by atoms with Crippen molar-refractivity contribution in [3.8, 4) is 0 Å². The van der Waals surface area contributed by atoms with Crippen LogP contribution in [0.15, 0.2) is 4.99 Å². The van der Waals surface area contributed by atoms with Gasteiger partial charge in [-0.3, -0.25) is 9.79 Å². The van der Waals surface area contributed by atoms with Crippen LogP contribution in [0.1, 0.15) is 51.4 Å². The first kappa shape index (κ1) is 21.5. The number of carbonyl (C=O) groups is 1. The van der Waals surface area contributed by atoms with Crippen LogP contribution in [0.4, 0.5) is 0 Å². The zero-order chi connectivity index (χ0) is 16.3. The lowest BCUT2D eigenvalue weighted by Gasteiger charge is -2.26. The highest BCUT2D eigenvalue weighted by molar-refractivity contribution is 14.0. The Hall–Kier alpha value is -0.570. The van der Waals surface area contributed by atoms with Crippen LogP contribution in [0.5, 0.6) is 0 Å². The van der Waals surface area contributed by atoms with Crippen molar-refractivity contribution >= 4 is 35.8 Å². The number of rotatable bonds is 6. The van der Waals surface area contributed by atoms with Crippen molar-refractivity contribution in [2.45, 2.75) is 57.4 Å². The van der Waals surface area contributed by atoms with Crippen molar-refractivity contribution in [3.05, 3.63) is 0 Å². The van der Waals surface area contributed by atoms with Gasteiger partial charge in [-0.2, -0.15) is 0 Å². The number of carbonyl (C=O) groups excluding carboxylic acids is 1. The Labute approximate surface area is 163 Å². The Morgan fingerprint density at radius 1 is 1.04 bits per heavy atom. The molecule has 1 amide bonds. The lowest BCUT2D eigenvalue weighted by Crippen LogP contribution is -2.47. The standard InChI is InChI=1S/C17H33N5O.HI/c1-18-17(19-10-13-22-11-6-3-7-12-22)20-14-16(23)21-15-8-4-2-5-9-15;/h15H,2-14H2,1H3,(H,21,23)(H2,18,19,20);1H. The highest BCUT2D eigenvalue weighted by Gasteiger charge is 2.15. The van der Waals surface area contributed by atoms with Gasteiger partial charge in [-0.1, -0.05) is 25.7 Å². The first-order chi connectivity index (χ1) is 11.3. The Bertz CT molecular complexity index is 379. The van der Waals surface area contributed by atoms with E-state index in [2.05, 4.69) is 25.8 Å². The maximum Gasteiger partial charge on any atom is 0.239 e. The number of nitrogens with one attached hydrogen (secondary N) is 3. The fraction of sp³-hybridized carbons (Fsp3) is 0.882. The summed E-state index contributed by atoms with van der Waals surface area (Å²) < 4.78 is 0. The lowest BCUT2D eigenvalue weighted by molar-refractivity contribution is -0.120. The quantitative estimate of drug-likeness (QED) is 0.327. The van der Waals surface area contributed by atoms with Crippen LogP contribution in [0.2, 0.25) is 0 Å². The average molecular weight is 451 g/mol. The Kier molecular flexibility index (Phi) is 11.4. The van der Waals surface area contributed by atoms with Gasteiger partial charge in [0.25, 0.3) is 0 Å². The summed E-state index contributed by atoms with van der Waals surface area (Å²) in [5.74, 6) is 0.775. The summed E-state index contributed by atoms with van der Waals surface area (Å²) in [6.07, 6.45) is 10.0. The third-order valence-electron chi connectivity index (χ3n) is 4.78. The largest absolute Gasteiger partial charge is 0.355 e. The molecule has 6 nitrogen and oxygen atoms in total. The van der Waals surface area contributed by atoms with Crippen LogP contribution < -0.4 is 16.0 Å². The van der Waals surface area contributed by atoms with Crippen molar-refractivity contribution in [1.29, 1.82) is 0 Å². The third kappa shape index (κ3) is 8.50. The van der Waals surface area contributed by atoms with Crippen LogP contribution in [-0.2, 0) is 4.79 Å². The summed E-state index contributed by atoms with van der Waals surface area (Å²) in [7, 11) is 1.75. The molecule has 24 heavy (non-hydrogen) atoms. The number of hydrogen-bond acceptors (Lipinski definition) is 3. The van der Waals surface area contributed by atoms with Crippen LogP contribution in [0, 0.1) is 0 Å². The summed E-state index contributed by atoms with van der Waals surface area (Å²) in [5.41, 5.74) is 0. The molecule has 1 aliphatic heterocycles. The van der Waals surface area contributed by atoms with E-state index in [1.165, 1.54) is 51.6 Å². The molecule has 2 rings (SSSR count). The summed E-state index contributed by atoms with van der Waals surface area (Å²) in [6, 6.07) is 0.368. The molecule has 1 aliphatic carbocycles. The molecule has 0 radical (unpaired) electrons. The van der Waals surface area contributed by atoms with Crippen molar-refractivity contribution in [2.75, 3.05) is 39.8 Å². The second-order valence-corrected chi connectivity index (χ2v) is 6.66. The molecule has 1 saturated carbocycles. The van der Waals surface area contributed by atoms with E-state index in [0.717, 1.165) is 25.9 Å². The fourth-order valence-corrected chi connectivity index (χ4v) is 3.43. The van der Waals surface area contributed by atoms with Gasteiger partial charge in [0.2, 0.25) is 5.91 Å². The molecule has 1 saturated heterocycles. The van der Waals surface area contributed by atoms with E-state index < -0.39 is 0 Å². The van der Waals surface area contributed by atoms with E-state index >= 15 is 0 Å². The van der Waals surface area contributed by atoms with E-state index in [1.54, 1.807) is 7.05 Å². The number of amides is 1. The number of aliphatic imine (C=N–C) groups is 1. The minimum absolute atomic E-state index is 0. The predicted molar refractivity (Wildman–Crippen MR) is 110 cm³/mol. The second kappa shape index (κ2) is 12.7. The van der Waals surface area contributed by atoms with E-state index in [0.29, 0.717) is 18.5 Å². The third-order valence-corrected chi connectivity index (χ3v) is 4.78. The maximum absolute atomic E-state index is 12.0. The topological polar surface area (TPSA) is 68.8 Å². The fourth-order valence-electron chi connectivity index (χ4n) is 3.43. The van der Waals surface area contributed by atoms with Crippen molar-refractivity contribution in [3.63, 3.8) is 0 Å². The average Bonchev–Trinajstić information content (AvgIpc) is 2.59. The molecule has 1 heterocycles. The molecular formula is C17H34IN5O.